The Hall–Kier alpha value is -1.82. The van der Waals surface area contributed by atoms with Crippen LogP contribution in [-0.4, -0.2) is 58.7 Å². The summed E-state index contributed by atoms with van der Waals surface area (Å²) < 4.78 is 1.74. The third kappa shape index (κ3) is 5.12. The van der Waals surface area contributed by atoms with Crippen molar-refractivity contribution >= 4 is 35.2 Å². The maximum Gasteiger partial charge on any atom is 0.246 e. The maximum absolute atomic E-state index is 12.5. The molecule has 144 valence electrons. The van der Waals surface area contributed by atoms with Gasteiger partial charge in [0.15, 0.2) is 0 Å². The van der Waals surface area contributed by atoms with Crippen LogP contribution < -0.4 is 0 Å². The molecule has 2 heterocycles. The molecule has 1 fully saturated rings. The first-order chi connectivity index (χ1) is 12.9. The van der Waals surface area contributed by atoms with E-state index in [2.05, 4.69) is 17.0 Å². The Morgan fingerprint density at radius 1 is 1.15 bits per heavy atom. The fourth-order valence-electron chi connectivity index (χ4n) is 3.15. The van der Waals surface area contributed by atoms with E-state index in [0.717, 1.165) is 49.4 Å². The van der Waals surface area contributed by atoms with Crippen LogP contribution in [0.5, 0.6) is 0 Å². The van der Waals surface area contributed by atoms with E-state index in [1.807, 2.05) is 36.1 Å². The Bertz CT molecular complexity index is 829. The molecule has 0 atom stereocenters. The molecule has 3 rings (SSSR count). The predicted molar refractivity (Wildman–Crippen MR) is 110 cm³/mol. The number of rotatable bonds is 4. The van der Waals surface area contributed by atoms with Gasteiger partial charge in [-0.25, -0.2) is 4.68 Å². The van der Waals surface area contributed by atoms with Crippen molar-refractivity contribution in [2.24, 2.45) is 0 Å². The summed E-state index contributed by atoms with van der Waals surface area (Å²) in [5.74, 6) is 0.0196. The third-order valence-electron chi connectivity index (χ3n) is 4.78. The van der Waals surface area contributed by atoms with Crippen LogP contribution in [0, 0.1) is 6.92 Å². The molecule has 7 heteroatoms. The van der Waals surface area contributed by atoms with Gasteiger partial charge in [0.2, 0.25) is 5.91 Å². The van der Waals surface area contributed by atoms with Gasteiger partial charge in [-0.2, -0.15) is 5.10 Å². The van der Waals surface area contributed by atoms with Gasteiger partial charge >= 0.3 is 0 Å². The number of carbonyl (C=O) groups excluding carboxylic acids is 1. The molecule has 0 saturated carbocycles. The first-order valence-electron chi connectivity index (χ1n) is 9.07. The minimum Gasteiger partial charge on any atom is -0.338 e. The SMILES string of the molecule is Cc1nn(Cc2ccc(Cl)cc2)c(Cl)c1/C=C/C(=O)N1CCCN(C)CC1. The summed E-state index contributed by atoms with van der Waals surface area (Å²) in [6.45, 7) is 5.92. The molecule has 0 N–H and O–H groups in total. The normalized spacial score (nSPS) is 16.1. The van der Waals surface area contributed by atoms with Crippen molar-refractivity contribution in [1.29, 1.82) is 0 Å². The number of hydrogen-bond donors (Lipinski definition) is 0. The number of nitrogens with zero attached hydrogens (tertiary/aromatic N) is 4. The van der Waals surface area contributed by atoms with Gasteiger partial charge in [0.05, 0.1) is 12.2 Å². The summed E-state index contributed by atoms with van der Waals surface area (Å²) >= 11 is 12.4. The number of amides is 1. The van der Waals surface area contributed by atoms with Crippen LogP contribution in [-0.2, 0) is 11.3 Å². The monoisotopic (exact) mass is 406 g/mol. The van der Waals surface area contributed by atoms with Gasteiger partial charge in [-0.1, -0.05) is 35.3 Å². The molecule has 1 amide bonds. The van der Waals surface area contributed by atoms with Gasteiger partial charge in [0.1, 0.15) is 5.15 Å². The molecule has 0 spiro atoms. The highest BCUT2D eigenvalue weighted by molar-refractivity contribution is 6.31. The lowest BCUT2D eigenvalue weighted by Crippen LogP contribution is -2.33. The fraction of sp³-hybridized carbons (Fsp3) is 0.400. The van der Waals surface area contributed by atoms with E-state index in [-0.39, 0.29) is 5.91 Å². The average Bonchev–Trinajstić information content (AvgIpc) is 2.79. The van der Waals surface area contributed by atoms with Crippen LogP contribution in [0.25, 0.3) is 6.08 Å². The summed E-state index contributed by atoms with van der Waals surface area (Å²) in [7, 11) is 2.09. The van der Waals surface area contributed by atoms with Crippen molar-refractivity contribution in [3.8, 4) is 0 Å². The smallest absolute Gasteiger partial charge is 0.246 e. The van der Waals surface area contributed by atoms with Gasteiger partial charge in [-0.3, -0.25) is 4.79 Å². The van der Waals surface area contributed by atoms with Gasteiger partial charge in [0.25, 0.3) is 0 Å². The van der Waals surface area contributed by atoms with Crippen LogP contribution in [0.2, 0.25) is 10.2 Å². The predicted octanol–water partition coefficient (Wildman–Crippen LogP) is 3.72. The van der Waals surface area contributed by atoms with E-state index >= 15 is 0 Å². The summed E-state index contributed by atoms with van der Waals surface area (Å²) in [6.07, 6.45) is 4.38. The standard InChI is InChI=1S/C20H24Cl2N4O/c1-15-18(8-9-19(27)25-11-3-10-24(2)12-13-25)20(22)26(23-15)14-16-4-6-17(21)7-5-16/h4-9H,3,10-14H2,1-2H3/b9-8+. The molecule has 27 heavy (non-hydrogen) atoms. The minimum absolute atomic E-state index is 0.0196. The molecule has 1 aromatic carbocycles. The van der Waals surface area contributed by atoms with Gasteiger partial charge < -0.3 is 9.80 Å². The largest absolute Gasteiger partial charge is 0.338 e. The van der Waals surface area contributed by atoms with Crippen LogP contribution in [0.1, 0.15) is 23.2 Å². The van der Waals surface area contributed by atoms with Crippen LogP contribution >= 0.6 is 23.2 Å². The molecule has 1 aliphatic heterocycles. The van der Waals surface area contributed by atoms with Crippen LogP contribution in [0.15, 0.2) is 30.3 Å². The van der Waals surface area contributed by atoms with Gasteiger partial charge in [-0.05, 0) is 50.7 Å². The molecule has 1 aromatic heterocycles. The molecule has 1 aliphatic rings. The molecule has 1 saturated heterocycles. The van der Waals surface area contributed by atoms with E-state index < -0.39 is 0 Å². The fourth-order valence-corrected chi connectivity index (χ4v) is 3.57. The van der Waals surface area contributed by atoms with Crippen LogP contribution in [0.3, 0.4) is 0 Å². The maximum atomic E-state index is 12.5. The number of halogens is 2. The number of hydrogen-bond acceptors (Lipinski definition) is 3. The number of benzene rings is 1. The zero-order valence-electron chi connectivity index (χ0n) is 15.7. The first-order valence-corrected chi connectivity index (χ1v) is 9.82. The quantitative estimate of drug-likeness (QED) is 0.726. The van der Waals surface area contributed by atoms with Gasteiger partial charge in [-0.15, -0.1) is 0 Å². The summed E-state index contributed by atoms with van der Waals surface area (Å²) in [5.41, 5.74) is 2.64. The Morgan fingerprint density at radius 2 is 1.89 bits per heavy atom. The van der Waals surface area contributed by atoms with E-state index in [1.54, 1.807) is 16.8 Å². The molecular formula is C20H24Cl2N4O. The molecule has 0 aliphatic carbocycles. The molecule has 2 aromatic rings. The summed E-state index contributed by atoms with van der Waals surface area (Å²) in [4.78, 5) is 16.7. The number of aromatic nitrogens is 2. The topological polar surface area (TPSA) is 41.4 Å². The lowest BCUT2D eigenvalue weighted by molar-refractivity contribution is -0.125. The zero-order valence-corrected chi connectivity index (χ0v) is 17.2. The Labute approximate surface area is 170 Å². The molecule has 0 unspecified atom stereocenters. The summed E-state index contributed by atoms with van der Waals surface area (Å²) in [6, 6.07) is 7.59. The van der Waals surface area contributed by atoms with E-state index in [9.17, 15) is 4.79 Å². The molecule has 0 radical (unpaired) electrons. The van der Waals surface area contributed by atoms with E-state index in [0.29, 0.717) is 16.7 Å². The highest BCUT2D eigenvalue weighted by Gasteiger charge is 2.16. The highest BCUT2D eigenvalue weighted by atomic mass is 35.5. The lowest BCUT2D eigenvalue weighted by atomic mass is 10.2. The molecule has 5 nitrogen and oxygen atoms in total. The average molecular weight is 407 g/mol. The zero-order chi connectivity index (χ0) is 19.4. The van der Waals surface area contributed by atoms with E-state index in [4.69, 9.17) is 23.2 Å². The number of carbonyl (C=O) groups is 1. The number of likely N-dealkylation sites (N-methyl/N-ethyl adjacent to an activating group) is 1. The van der Waals surface area contributed by atoms with Crippen LogP contribution in [0.4, 0.5) is 0 Å². The Morgan fingerprint density at radius 3 is 2.63 bits per heavy atom. The van der Waals surface area contributed by atoms with Crippen molar-refractivity contribution in [3.05, 3.63) is 57.3 Å². The van der Waals surface area contributed by atoms with Crippen molar-refractivity contribution < 1.29 is 4.79 Å². The van der Waals surface area contributed by atoms with Crippen molar-refractivity contribution in [2.75, 3.05) is 33.2 Å². The highest BCUT2D eigenvalue weighted by Crippen LogP contribution is 2.23. The summed E-state index contributed by atoms with van der Waals surface area (Å²) in [5, 5.41) is 5.74. The molecule has 0 bridgehead atoms. The van der Waals surface area contributed by atoms with E-state index in [1.165, 1.54) is 0 Å². The second-order valence-electron chi connectivity index (χ2n) is 6.89. The van der Waals surface area contributed by atoms with Crippen molar-refractivity contribution in [3.63, 3.8) is 0 Å². The second kappa shape index (κ2) is 8.91. The van der Waals surface area contributed by atoms with Gasteiger partial charge in [0, 0.05) is 36.3 Å². The Kier molecular flexibility index (Phi) is 6.58. The third-order valence-corrected chi connectivity index (χ3v) is 5.43. The minimum atomic E-state index is 0.0196. The first kappa shape index (κ1) is 19.9. The second-order valence-corrected chi connectivity index (χ2v) is 7.68. The Balaban J connectivity index is 1.71. The number of aryl methyl sites for hydroxylation is 1. The van der Waals surface area contributed by atoms with Crippen molar-refractivity contribution in [1.82, 2.24) is 19.6 Å². The lowest BCUT2D eigenvalue weighted by Gasteiger charge is -2.18. The van der Waals surface area contributed by atoms with Crippen molar-refractivity contribution in [2.45, 2.75) is 19.9 Å². The molecular weight excluding hydrogens is 383 g/mol.